The third-order valence-corrected chi connectivity index (χ3v) is 7.55. The van der Waals surface area contributed by atoms with E-state index in [0.717, 1.165) is 15.9 Å². The van der Waals surface area contributed by atoms with Crippen LogP contribution in [-0.4, -0.2) is 44.3 Å². The van der Waals surface area contributed by atoms with Crippen molar-refractivity contribution in [2.75, 3.05) is 17.4 Å². The molecule has 0 radical (unpaired) electrons. The maximum atomic E-state index is 14.9. The van der Waals surface area contributed by atoms with E-state index in [-0.39, 0.29) is 29.0 Å². The number of anilines is 1. The summed E-state index contributed by atoms with van der Waals surface area (Å²) in [6.07, 6.45) is 0. The molecule has 3 aromatic carbocycles. The van der Waals surface area contributed by atoms with Crippen LogP contribution in [0.1, 0.15) is 26.3 Å². The van der Waals surface area contributed by atoms with E-state index in [4.69, 9.17) is 0 Å². The van der Waals surface area contributed by atoms with Crippen molar-refractivity contribution in [3.05, 3.63) is 96.3 Å². The fraction of sp³-hybridized carbons (Fsp3) is 0.286. The normalized spacial score (nSPS) is 12.1. The van der Waals surface area contributed by atoms with E-state index in [9.17, 15) is 22.4 Å². The van der Waals surface area contributed by atoms with E-state index in [1.54, 1.807) is 25.1 Å². The Kier molecular flexibility index (Phi) is 9.41. The maximum Gasteiger partial charge on any atom is 0.264 e. The van der Waals surface area contributed by atoms with Crippen molar-refractivity contribution in [2.24, 2.45) is 5.92 Å². The van der Waals surface area contributed by atoms with Crippen molar-refractivity contribution in [2.45, 2.75) is 38.3 Å². The van der Waals surface area contributed by atoms with Crippen molar-refractivity contribution < 1.29 is 22.4 Å². The number of benzene rings is 3. The van der Waals surface area contributed by atoms with Crippen LogP contribution in [0.4, 0.5) is 10.1 Å². The summed E-state index contributed by atoms with van der Waals surface area (Å²) in [5.74, 6) is -1.57. The standard InChI is InChI=1S/C28H32FN3O4S/c1-21(2)18-30-28(34)22(3)31(19-23-12-6-4-7-13-23)27(33)20-32(26-17-11-10-16-25(26)29)37(35,36)24-14-8-5-9-15-24/h4-17,21-22H,18-20H2,1-3H3,(H,30,34). The Morgan fingerprint density at radius 1 is 0.865 bits per heavy atom. The SMILES string of the molecule is CC(C)CNC(=O)C(C)N(Cc1ccccc1)C(=O)CN(c1ccccc1F)S(=O)(=O)c1ccccc1. The number of carbonyl (C=O) groups is 2. The molecular formula is C28H32FN3O4S. The van der Waals surface area contributed by atoms with Crippen LogP contribution < -0.4 is 9.62 Å². The molecule has 3 rings (SSSR count). The van der Waals surface area contributed by atoms with Gasteiger partial charge in [0.05, 0.1) is 10.6 Å². The molecule has 1 unspecified atom stereocenters. The molecule has 0 spiro atoms. The number of para-hydroxylation sites is 1. The predicted octanol–water partition coefficient (Wildman–Crippen LogP) is 4.21. The molecule has 1 atom stereocenters. The molecule has 0 aliphatic carbocycles. The van der Waals surface area contributed by atoms with Gasteiger partial charge in [0.1, 0.15) is 18.4 Å². The van der Waals surface area contributed by atoms with Crippen LogP contribution in [-0.2, 0) is 26.2 Å². The van der Waals surface area contributed by atoms with Crippen molar-refractivity contribution in [1.82, 2.24) is 10.2 Å². The van der Waals surface area contributed by atoms with Crippen molar-refractivity contribution in [3.63, 3.8) is 0 Å². The highest BCUT2D eigenvalue weighted by atomic mass is 32.2. The van der Waals surface area contributed by atoms with E-state index >= 15 is 0 Å². The Bertz CT molecular complexity index is 1300. The van der Waals surface area contributed by atoms with Gasteiger partial charge in [-0.2, -0.15) is 0 Å². The molecule has 3 aromatic rings. The summed E-state index contributed by atoms with van der Waals surface area (Å²) < 4.78 is 42.8. The number of halogens is 1. The smallest absolute Gasteiger partial charge is 0.264 e. The second-order valence-corrected chi connectivity index (χ2v) is 11.0. The molecule has 9 heteroatoms. The van der Waals surface area contributed by atoms with E-state index in [1.165, 1.54) is 35.2 Å². The van der Waals surface area contributed by atoms with Crippen LogP contribution in [0.3, 0.4) is 0 Å². The van der Waals surface area contributed by atoms with Gasteiger partial charge in [0.2, 0.25) is 11.8 Å². The van der Waals surface area contributed by atoms with E-state index in [2.05, 4.69) is 5.32 Å². The topological polar surface area (TPSA) is 86.8 Å². The predicted molar refractivity (Wildman–Crippen MR) is 142 cm³/mol. The Balaban J connectivity index is 1.99. The van der Waals surface area contributed by atoms with Crippen LogP contribution in [0.25, 0.3) is 0 Å². The molecule has 1 N–H and O–H groups in total. The van der Waals surface area contributed by atoms with E-state index in [1.807, 2.05) is 44.2 Å². The van der Waals surface area contributed by atoms with Crippen LogP contribution in [0.15, 0.2) is 89.8 Å². The van der Waals surface area contributed by atoms with Gasteiger partial charge in [0, 0.05) is 13.1 Å². The molecular weight excluding hydrogens is 493 g/mol. The first-order chi connectivity index (χ1) is 17.6. The van der Waals surface area contributed by atoms with E-state index < -0.39 is 34.3 Å². The fourth-order valence-corrected chi connectivity index (χ4v) is 5.15. The van der Waals surface area contributed by atoms with Gasteiger partial charge in [-0.1, -0.05) is 74.5 Å². The third-order valence-electron chi connectivity index (χ3n) is 5.78. The monoisotopic (exact) mass is 525 g/mol. The number of nitrogens with zero attached hydrogens (tertiary/aromatic N) is 2. The first-order valence-corrected chi connectivity index (χ1v) is 13.5. The van der Waals surface area contributed by atoms with Gasteiger partial charge in [0.15, 0.2) is 0 Å². The highest BCUT2D eigenvalue weighted by molar-refractivity contribution is 7.92. The number of carbonyl (C=O) groups excluding carboxylic acids is 2. The summed E-state index contributed by atoms with van der Waals surface area (Å²) in [5, 5.41) is 2.83. The number of hydrogen-bond donors (Lipinski definition) is 1. The first kappa shape index (κ1) is 27.9. The second kappa shape index (κ2) is 12.5. The average molecular weight is 526 g/mol. The summed E-state index contributed by atoms with van der Waals surface area (Å²) in [6.45, 7) is 5.33. The van der Waals surface area contributed by atoms with Crippen LogP contribution in [0, 0.1) is 11.7 Å². The lowest BCUT2D eigenvalue weighted by atomic mass is 10.1. The van der Waals surface area contributed by atoms with Crippen molar-refractivity contribution >= 4 is 27.5 Å². The van der Waals surface area contributed by atoms with Crippen molar-refractivity contribution in [3.8, 4) is 0 Å². The van der Waals surface area contributed by atoms with Crippen molar-refractivity contribution in [1.29, 1.82) is 0 Å². The molecule has 2 amide bonds. The summed E-state index contributed by atoms with van der Waals surface area (Å²) in [6, 6.07) is 21.1. The zero-order chi connectivity index (χ0) is 27.0. The molecule has 7 nitrogen and oxygen atoms in total. The van der Waals surface area contributed by atoms with Gasteiger partial charge in [-0.3, -0.25) is 13.9 Å². The second-order valence-electron chi connectivity index (χ2n) is 9.10. The molecule has 0 saturated heterocycles. The zero-order valence-electron chi connectivity index (χ0n) is 21.2. The number of sulfonamides is 1. The van der Waals surface area contributed by atoms with Crippen LogP contribution in [0.5, 0.6) is 0 Å². The molecule has 196 valence electrons. The van der Waals surface area contributed by atoms with Gasteiger partial charge in [-0.15, -0.1) is 0 Å². The molecule has 37 heavy (non-hydrogen) atoms. The summed E-state index contributed by atoms with van der Waals surface area (Å²) in [4.78, 5) is 27.9. The number of rotatable bonds is 11. The fourth-order valence-electron chi connectivity index (χ4n) is 3.70. The largest absolute Gasteiger partial charge is 0.354 e. The van der Waals surface area contributed by atoms with E-state index in [0.29, 0.717) is 6.54 Å². The lowest BCUT2D eigenvalue weighted by Gasteiger charge is -2.32. The maximum absolute atomic E-state index is 14.9. The summed E-state index contributed by atoms with van der Waals surface area (Å²) >= 11 is 0. The Hall–Kier alpha value is -3.72. The quantitative estimate of drug-likeness (QED) is 0.406. The van der Waals surface area contributed by atoms with Gasteiger partial charge in [-0.05, 0) is 42.7 Å². The van der Waals surface area contributed by atoms with Gasteiger partial charge in [-0.25, -0.2) is 12.8 Å². The number of hydrogen-bond acceptors (Lipinski definition) is 4. The Morgan fingerprint density at radius 3 is 2.03 bits per heavy atom. The minimum Gasteiger partial charge on any atom is -0.354 e. The Morgan fingerprint density at radius 2 is 1.43 bits per heavy atom. The minimum atomic E-state index is -4.30. The molecule has 0 aliphatic heterocycles. The minimum absolute atomic E-state index is 0.0758. The molecule has 0 fully saturated rings. The van der Waals surface area contributed by atoms with Gasteiger partial charge < -0.3 is 10.2 Å². The molecule has 0 aliphatic rings. The average Bonchev–Trinajstić information content (AvgIpc) is 2.90. The molecule has 0 aromatic heterocycles. The number of nitrogens with one attached hydrogen (secondary N) is 1. The highest BCUT2D eigenvalue weighted by Gasteiger charge is 2.33. The third kappa shape index (κ3) is 7.16. The molecule has 0 bridgehead atoms. The number of amides is 2. The highest BCUT2D eigenvalue weighted by Crippen LogP contribution is 2.26. The molecule has 0 heterocycles. The lowest BCUT2D eigenvalue weighted by molar-refractivity contribution is -0.139. The lowest BCUT2D eigenvalue weighted by Crippen LogP contribution is -2.51. The van der Waals surface area contributed by atoms with Gasteiger partial charge in [0.25, 0.3) is 10.0 Å². The zero-order valence-corrected chi connectivity index (χ0v) is 22.0. The van der Waals surface area contributed by atoms with Gasteiger partial charge >= 0.3 is 0 Å². The van der Waals surface area contributed by atoms with Crippen LogP contribution >= 0.6 is 0 Å². The molecule has 0 saturated carbocycles. The first-order valence-electron chi connectivity index (χ1n) is 12.0. The van der Waals surface area contributed by atoms with Crippen LogP contribution in [0.2, 0.25) is 0 Å². The summed E-state index contributed by atoms with van der Waals surface area (Å²) in [7, 11) is -4.30. The summed E-state index contributed by atoms with van der Waals surface area (Å²) in [5.41, 5.74) is 0.513. The Labute approximate surface area is 218 Å².